The van der Waals surface area contributed by atoms with Gasteiger partial charge in [0.1, 0.15) is 28.6 Å². The molecule has 166 valence electrons. The average Bonchev–Trinajstić information content (AvgIpc) is 3.69. The predicted octanol–water partition coefficient (Wildman–Crippen LogP) is 1.62. The van der Waals surface area contributed by atoms with Crippen molar-refractivity contribution in [3.8, 4) is 6.07 Å². The number of hydrogen-bond acceptors (Lipinski definition) is 7. The van der Waals surface area contributed by atoms with Crippen LogP contribution in [0.25, 0.3) is 0 Å². The number of aromatic nitrogens is 1. The van der Waals surface area contributed by atoms with E-state index in [9.17, 15) is 23.3 Å². The summed E-state index contributed by atoms with van der Waals surface area (Å²) in [6.45, 7) is 2.44. The number of sulfonamides is 1. The topological polar surface area (TPSA) is 123 Å². The molecule has 0 saturated heterocycles. The van der Waals surface area contributed by atoms with E-state index < -0.39 is 32.8 Å². The summed E-state index contributed by atoms with van der Waals surface area (Å²) >= 11 is 1.41. The van der Waals surface area contributed by atoms with Crippen molar-refractivity contribution in [1.82, 2.24) is 14.6 Å². The number of carbonyl (C=O) groups excluding carboxylic acids is 2. The molecule has 3 aliphatic carbocycles. The van der Waals surface area contributed by atoms with Crippen LogP contribution in [0.3, 0.4) is 0 Å². The quantitative estimate of drug-likeness (QED) is 0.602. The maximum atomic E-state index is 13.3. The molecule has 0 bridgehead atoms. The van der Waals surface area contributed by atoms with E-state index in [0.29, 0.717) is 31.0 Å². The molecule has 1 N–H and O–H groups in total. The minimum Gasteiger partial charge on any atom is -0.250 e. The minimum atomic E-state index is -3.91. The first-order chi connectivity index (χ1) is 15.2. The summed E-state index contributed by atoms with van der Waals surface area (Å²) < 4.78 is 29.9. The molecular weight excluding hydrogens is 450 g/mol. The number of thiazole rings is 1. The summed E-state index contributed by atoms with van der Waals surface area (Å²) in [7, 11) is -3.91. The van der Waals surface area contributed by atoms with Gasteiger partial charge in [0.05, 0.1) is 22.5 Å². The number of imide groups is 1. The van der Waals surface area contributed by atoms with E-state index in [-0.39, 0.29) is 12.1 Å². The second-order valence-electron chi connectivity index (χ2n) is 8.70. The molecule has 5 rings (SSSR count). The summed E-state index contributed by atoms with van der Waals surface area (Å²) in [5.74, 6) is -0.135. The SMILES string of the molecule is Cc1ncc(CN2C(=O)C3=CC(S(=O)(=O)NC4(C#N)CC4)C=CC3=[N+](CC3CC3)C2=O)s1. The summed E-state index contributed by atoms with van der Waals surface area (Å²) in [5.41, 5.74) is -0.404. The number of nitrogens with one attached hydrogen (secondary N) is 1. The molecule has 32 heavy (non-hydrogen) atoms. The number of rotatable bonds is 7. The van der Waals surface area contributed by atoms with Gasteiger partial charge in [-0.15, -0.1) is 11.3 Å². The Kier molecular flexibility index (Phi) is 4.92. The van der Waals surface area contributed by atoms with Gasteiger partial charge in [-0.2, -0.15) is 24.3 Å². The lowest BCUT2D eigenvalue weighted by Gasteiger charge is -2.26. The van der Waals surface area contributed by atoms with Gasteiger partial charge in [-0.3, -0.25) is 0 Å². The predicted molar refractivity (Wildman–Crippen MR) is 116 cm³/mol. The second kappa shape index (κ2) is 7.43. The van der Waals surface area contributed by atoms with Crippen LogP contribution in [0, 0.1) is 24.2 Å². The van der Waals surface area contributed by atoms with Crippen molar-refractivity contribution in [2.45, 2.75) is 49.9 Å². The zero-order valence-corrected chi connectivity index (χ0v) is 19.1. The van der Waals surface area contributed by atoms with E-state index in [1.54, 1.807) is 16.8 Å². The van der Waals surface area contributed by atoms with Crippen molar-refractivity contribution in [3.05, 3.63) is 39.9 Å². The Morgan fingerprint density at radius 2 is 2.12 bits per heavy atom. The number of fused-ring (bicyclic) bond motifs is 1. The minimum absolute atomic E-state index is 0.0892. The molecule has 2 fully saturated rings. The Morgan fingerprint density at radius 3 is 2.72 bits per heavy atom. The van der Waals surface area contributed by atoms with Crippen molar-refractivity contribution in [1.29, 1.82) is 5.26 Å². The Bertz CT molecular complexity index is 1260. The maximum absolute atomic E-state index is 13.3. The second-order valence-corrected chi connectivity index (χ2v) is 11.9. The number of allylic oxidation sites excluding steroid dienone is 1. The van der Waals surface area contributed by atoms with Crippen LogP contribution in [0.15, 0.2) is 30.0 Å². The first kappa shape index (κ1) is 21.2. The molecule has 0 radical (unpaired) electrons. The number of nitriles is 1. The van der Waals surface area contributed by atoms with Crippen LogP contribution in [0.4, 0.5) is 4.79 Å². The molecule has 0 spiro atoms. The van der Waals surface area contributed by atoms with Gasteiger partial charge < -0.3 is 0 Å². The monoisotopic (exact) mass is 472 g/mol. The number of urea groups is 1. The van der Waals surface area contributed by atoms with E-state index in [2.05, 4.69) is 9.71 Å². The third-order valence-electron chi connectivity index (χ3n) is 6.06. The molecular formula is C21H22N5O4S2+. The summed E-state index contributed by atoms with van der Waals surface area (Å²) in [6, 6.07) is 1.62. The zero-order chi connectivity index (χ0) is 22.7. The Hall–Kier alpha value is -2.68. The third-order valence-corrected chi connectivity index (χ3v) is 8.64. The van der Waals surface area contributed by atoms with Crippen LogP contribution >= 0.6 is 11.3 Å². The Balaban J connectivity index is 1.50. The smallest absolute Gasteiger partial charge is 0.250 e. The molecule has 1 aromatic heterocycles. The fourth-order valence-corrected chi connectivity index (χ4v) is 6.20. The lowest BCUT2D eigenvalue weighted by Crippen LogP contribution is -2.52. The van der Waals surface area contributed by atoms with Crippen LogP contribution in [-0.4, -0.2) is 57.9 Å². The van der Waals surface area contributed by atoms with Crippen LogP contribution in [-0.2, 0) is 21.4 Å². The van der Waals surface area contributed by atoms with E-state index in [1.165, 1.54) is 28.4 Å². The fourth-order valence-electron chi connectivity index (χ4n) is 3.88. The lowest BCUT2D eigenvalue weighted by atomic mass is 9.99. The fraction of sp³-hybridized carbons (Fsp3) is 0.476. The van der Waals surface area contributed by atoms with Crippen molar-refractivity contribution in [3.63, 3.8) is 0 Å². The van der Waals surface area contributed by atoms with Crippen LogP contribution in [0.1, 0.15) is 35.6 Å². The van der Waals surface area contributed by atoms with Gasteiger partial charge in [0.15, 0.2) is 0 Å². The van der Waals surface area contributed by atoms with Crippen LogP contribution < -0.4 is 4.72 Å². The maximum Gasteiger partial charge on any atom is 0.501 e. The summed E-state index contributed by atoms with van der Waals surface area (Å²) in [4.78, 5) is 32.7. The Morgan fingerprint density at radius 1 is 1.38 bits per heavy atom. The highest BCUT2D eigenvalue weighted by atomic mass is 32.2. The van der Waals surface area contributed by atoms with Crippen LogP contribution in [0.5, 0.6) is 0 Å². The van der Waals surface area contributed by atoms with Crippen molar-refractivity contribution in [2.75, 3.05) is 6.54 Å². The van der Waals surface area contributed by atoms with E-state index in [4.69, 9.17) is 0 Å². The summed E-state index contributed by atoms with van der Waals surface area (Å²) in [6.07, 6.45) is 9.06. The molecule has 3 amide bonds. The molecule has 1 atom stereocenters. The van der Waals surface area contributed by atoms with Gasteiger partial charge in [0, 0.05) is 6.20 Å². The number of carbonyl (C=O) groups is 2. The van der Waals surface area contributed by atoms with Gasteiger partial charge in [-0.1, -0.05) is 6.08 Å². The molecule has 0 aromatic carbocycles. The highest BCUT2D eigenvalue weighted by molar-refractivity contribution is 7.90. The first-order valence-electron chi connectivity index (χ1n) is 10.5. The van der Waals surface area contributed by atoms with Gasteiger partial charge in [-0.05, 0) is 50.7 Å². The third kappa shape index (κ3) is 3.83. The molecule has 1 unspecified atom stereocenters. The lowest BCUT2D eigenvalue weighted by molar-refractivity contribution is -0.440. The van der Waals surface area contributed by atoms with Gasteiger partial charge in [-0.25, -0.2) is 18.2 Å². The molecule has 1 aromatic rings. The van der Waals surface area contributed by atoms with Gasteiger partial charge in [0.2, 0.25) is 10.0 Å². The Labute approximate surface area is 189 Å². The average molecular weight is 473 g/mol. The van der Waals surface area contributed by atoms with Gasteiger partial charge in [0.25, 0.3) is 0 Å². The molecule has 11 heteroatoms. The zero-order valence-electron chi connectivity index (χ0n) is 17.4. The van der Waals surface area contributed by atoms with Crippen molar-refractivity contribution < 1.29 is 22.6 Å². The molecule has 2 saturated carbocycles. The number of hydrogen-bond donors (Lipinski definition) is 1. The molecule has 1 aliphatic heterocycles. The first-order valence-corrected chi connectivity index (χ1v) is 12.8. The highest BCUT2D eigenvalue weighted by Crippen LogP contribution is 2.36. The molecule has 4 aliphatic rings. The number of amides is 3. The van der Waals surface area contributed by atoms with Crippen LogP contribution in [0.2, 0.25) is 0 Å². The number of aryl methyl sites for hydroxylation is 1. The molecule has 9 nitrogen and oxygen atoms in total. The van der Waals surface area contributed by atoms with E-state index in [1.807, 2.05) is 13.0 Å². The largest absolute Gasteiger partial charge is 0.501 e. The standard InChI is InChI=1S/C21H22N5O4S2/c1-13-23-9-15(31-13)11-26-19(27)17-8-16(32(29,30)24-21(12-22)6-7-21)4-5-18(17)25(20(26)28)10-14-2-3-14/h4-5,8-9,14,16,24H,2-3,6-7,10-11H2,1H3/q+1. The van der Waals surface area contributed by atoms with Crippen molar-refractivity contribution >= 4 is 39.0 Å². The summed E-state index contributed by atoms with van der Waals surface area (Å²) in [5, 5.41) is 8.99. The van der Waals surface area contributed by atoms with Crippen molar-refractivity contribution in [2.24, 2.45) is 5.92 Å². The highest BCUT2D eigenvalue weighted by Gasteiger charge is 2.50. The van der Waals surface area contributed by atoms with Gasteiger partial charge >= 0.3 is 11.9 Å². The van der Waals surface area contributed by atoms with E-state index in [0.717, 1.165) is 22.7 Å². The molecule has 2 heterocycles. The number of nitrogens with zero attached hydrogens (tertiary/aromatic N) is 4. The van der Waals surface area contributed by atoms with E-state index >= 15 is 0 Å². The normalized spacial score (nSPS) is 24.3.